The quantitative estimate of drug-likeness (QED) is 0.805. The Morgan fingerprint density at radius 1 is 1.14 bits per heavy atom. The molecule has 1 fully saturated rings. The number of carbonyl (C=O) groups is 2. The molecule has 0 radical (unpaired) electrons. The lowest BCUT2D eigenvalue weighted by Crippen LogP contribution is -2.50. The van der Waals surface area contributed by atoms with Crippen molar-refractivity contribution in [3.63, 3.8) is 0 Å². The number of fused-ring (bicyclic) bond motifs is 3. The Morgan fingerprint density at radius 3 is 2.24 bits per heavy atom. The average molecular weight is 397 g/mol. The monoisotopic (exact) mass is 397 g/mol. The molecule has 0 unspecified atom stereocenters. The van der Waals surface area contributed by atoms with Crippen molar-refractivity contribution in [1.82, 2.24) is 5.32 Å². The van der Waals surface area contributed by atoms with E-state index in [1.165, 1.54) is 0 Å². The van der Waals surface area contributed by atoms with Crippen LogP contribution in [0.4, 0.5) is 4.79 Å². The van der Waals surface area contributed by atoms with Gasteiger partial charge in [0.05, 0.1) is 6.61 Å². The molecular formula is C22H23NO6. The second-order valence-corrected chi connectivity index (χ2v) is 7.65. The molecule has 1 saturated heterocycles. The molecule has 4 rings (SSSR count). The van der Waals surface area contributed by atoms with E-state index < -0.39 is 30.0 Å². The van der Waals surface area contributed by atoms with Gasteiger partial charge in [-0.2, -0.15) is 0 Å². The summed E-state index contributed by atoms with van der Waals surface area (Å²) in [5.41, 5.74) is 4.43. The maximum Gasteiger partial charge on any atom is 0.407 e. The largest absolute Gasteiger partial charge is 0.480 e. The molecule has 1 heterocycles. The fourth-order valence-electron chi connectivity index (χ4n) is 3.96. The number of amides is 1. The summed E-state index contributed by atoms with van der Waals surface area (Å²) in [6, 6.07) is 14.8. The number of hydrogen-bond donors (Lipinski definition) is 2. The summed E-state index contributed by atoms with van der Waals surface area (Å²) in [5.74, 6) is -2.19. The van der Waals surface area contributed by atoms with Crippen molar-refractivity contribution in [2.75, 3.05) is 13.2 Å². The number of carbonyl (C=O) groups excluding carboxylic acids is 1. The Balaban J connectivity index is 1.44. The highest BCUT2D eigenvalue weighted by molar-refractivity contribution is 5.81. The van der Waals surface area contributed by atoms with Gasteiger partial charge in [-0.25, -0.2) is 9.59 Å². The standard InChI is InChI=1S/C22H23NO6/c1-22(2)28-12-18(29-22)19(20(24)25)23-21(26)27-11-17-15-9-5-3-7-13(15)14-8-4-6-10-16(14)17/h3-10,17-19H,11-12H2,1-2H3,(H,23,26)(H,24,25)/t18-,19-/m0/s1. The predicted molar refractivity (Wildman–Crippen MR) is 105 cm³/mol. The van der Waals surface area contributed by atoms with E-state index in [2.05, 4.69) is 5.32 Å². The molecule has 0 aromatic heterocycles. The van der Waals surface area contributed by atoms with Crippen molar-refractivity contribution in [3.8, 4) is 11.1 Å². The third kappa shape index (κ3) is 3.83. The Kier molecular flexibility index (Phi) is 5.02. The van der Waals surface area contributed by atoms with Crippen LogP contribution in [0, 0.1) is 0 Å². The Bertz CT molecular complexity index is 895. The van der Waals surface area contributed by atoms with Gasteiger partial charge in [0.15, 0.2) is 11.8 Å². The van der Waals surface area contributed by atoms with Gasteiger partial charge < -0.3 is 24.6 Å². The van der Waals surface area contributed by atoms with Crippen LogP contribution in [0.1, 0.15) is 30.9 Å². The predicted octanol–water partition coefficient (Wildman–Crippen LogP) is 3.13. The van der Waals surface area contributed by atoms with Gasteiger partial charge in [0, 0.05) is 5.92 Å². The van der Waals surface area contributed by atoms with Crippen LogP contribution >= 0.6 is 0 Å². The van der Waals surface area contributed by atoms with Gasteiger partial charge in [-0.1, -0.05) is 48.5 Å². The molecule has 2 aromatic carbocycles. The molecule has 7 heteroatoms. The molecular weight excluding hydrogens is 374 g/mol. The molecule has 0 bridgehead atoms. The fourth-order valence-corrected chi connectivity index (χ4v) is 3.96. The highest BCUT2D eigenvalue weighted by atomic mass is 16.7. The summed E-state index contributed by atoms with van der Waals surface area (Å²) in [6.45, 7) is 3.58. The van der Waals surface area contributed by atoms with Crippen molar-refractivity contribution in [1.29, 1.82) is 0 Å². The van der Waals surface area contributed by atoms with Crippen LogP contribution in [0.5, 0.6) is 0 Å². The molecule has 1 aliphatic carbocycles. The first-order valence-electron chi connectivity index (χ1n) is 9.52. The summed E-state index contributed by atoms with van der Waals surface area (Å²) >= 11 is 0. The van der Waals surface area contributed by atoms with Crippen LogP contribution in [0.2, 0.25) is 0 Å². The van der Waals surface area contributed by atoms with Crippen LogP contribution in [-0.4, -0.2) is 48.3 Å². The lowest BCUT2D eigenvalue weighted by atomic mass is 9.98. The third-order valence-electron chi connectivity index (χ3n) is 5.29. The fraction of sp³-hybridized carbons (Fsp3) is 0.364. The normalized spacial score (nSPS) is 20.6. The Hall–Kier alpha value is -2.90. The van der Waals surface area contributed by atoms with E-state index in [0.717, 1.165) is 22.3 Å². The number of rotatable bonds is 5. The van der Waals surface area contributed by atoms with Gasteiger partial charge >= 0.3 is 12.1 Å². The molecule has 29 heavy (non-hydrogen) atoms. The molecule has 0 spiro atoms. The zero-order chi connectivity index (χ0) is 20.6. The second-order valence-electron chi connectivity index (χ2n) is 7.65. The van der Waals surface area contributed by atoms with Crippen LogP contribution in [0.25, 0.3) is 11.1 Å². The molecule has 2 N–H and O–H groups in total. The minimum Gasteiger partial charge on any atom is -0.480 e. The Labute approximate surface area is 168 Å². The smallest absolute Gasteiger partial charge is 0.407 e. The van der Waals surface area contributed by atoms with Crippen LogP contribution in [0.3, 0.4) is 0 Å². The Morgan fingerprint density at radius 2 is 1.72 bits per heavy atom. The zero-order valence-corrected chi connectivity index (χ0v) is 16.3. The molecule has 2 aliphatic rings. The lowest BCUT2D eigenvalue weighted by molar-refractivity contribution is -0.154. The molecule has 2 atom stereocenters. The highest BCUT2D eigenvalue weighted by Crippen LogP contribution is 2.44. The number of hydrogen-bond acceptors (Lipinski definition) is 5. The first-order valence-corrected chi connectivity index (χ1v) is 9.52. The summed E-state index contributed by atoms with van der Waals surface area (Å²) in [4.78, 5) is 24.0. The molecule has 1 amide bonds. The van der Waals surface area contributed by atoms with Crippen molar-refractivity contribution in [2.45, 2.75) is 37.7 Å². The van der Waals surface area contributed by atoms with Crippen molar-refractivity contribution < 1.29 is 28.9 Å². The van der Waals surface area contributed by atoms with Gasteiger partial charge in [-0.15, -0.1) is 0 Å². The van der Waals surface area contributed by atoms with E-state index in [1.807, 2.05) is 48.5 Å². The first-order chi connectivity index (χ1) is 13.9. The average Bonchev–Trinajstić information content (AvgIpc) is 3.21. The van der Waals surface area contributed by atoms with Crippen LogP contribution in [0.15, 0.2) is 48.5 Å². The van der Waals surface area contributed by atoms with E-state index in [1.54, 1.807) is 13.8 Å². The first kappa shape index (κ1) is 19.4. The molecule has 1 aliphatic heterocycles. The topological polar surface area (TPSA) is 94.1 Å². The van der Waals surface area contributed by atoms with Crippen LogP contribution in [-0.2, 0) is 19.0 Å². The van der Waals surface area contributed by atoms with E-state index in [0.29, 0.717) is 0 Å². The lowest BCUT2D eigenvalue weighted by Gasteiger charge is -2.22. The zero-order valence-electron chi connectivity index (χ0n) is 16.3. The van der Waals surface area contributed by atoms with E-state index >= 15 is 0 Å². The minimum absolute atomic E-state index is 0.0770. The summed E-state index contributed by atoms with van der Waals surface area (Å²) in [7, 11) is 0. The number of alkyl carbamates (subject to hydrolysis) is 1. The number of benzene rings is 2. The molecule has 7 nitrogen and oxygen atoms in total. The maximum atomic E-state index is 12.4. The van der Waals surface area contributed by atoms with Crippen molar-refractivity contribution >= 4 is 12.1 Å². The SMILES string of the molecule is CC1(C)OC[C@@H]([C@H](NC(=O)OCC2c3ccccc3-c3ccccc32)C(=O)O)O1. The number of carboxylic acids is 1. The maximum absolute atomic E-state index is 12.4. The highest BCUT2D eigenvalue weighted by Gasteiger charge is 2.41. The number of carboxylic acid groups (broad SMARTS) is 1. The van der Waals surface area contributed by atoms with Crippen LogP contribution < -0.4 is 5.32 Å². The second kappa shape index (κ2) is 7.50. The summed E-state index contributed by atoms with van der Waals surface area (Å²) in [5, 5.41) is 11.9. The van der Waals surface area contributed by atoms with Gasteiger partial charge in [-0.05, 0) is 36.1 Å². The van der Waals surface area contributed by atoms with Crippen molar-refractivity contribution in [3.05, 3.63) is 59.7 Å². The van der Waals surface area contributed by atoms with Gasteiger partial charge in [-0.3, -0.25) is 0 Å². The molecule has 0 saturated carbocycles. The molecule has 152 valence electrons. The van der Waals surface area contributed by atoms with Gasteiger partial charge in [0.25, 0.3) is 0 Å². The van der Waals surface area contributed by atoms with Crippen molar-refractivity contribution in [2.24, 2.45) is 0 Å². The number of ether oxygens (including phenoxy) is 3. The van der Waals surface area contributed by atoms with Gasteiger partial charge in [0.2, 0.25) is 0 Å². The summed E-state index contributed by atoms with van der Waals surface area (Å²) < 4.78 is 16.4. The third-order valence-corrected chi connectivity index (χ3v) is 5.29. The summed E-state index contributed by atoms with van der Waals surface area (Å²) in [6.07, 6.45) is -1.59. The number of aliphatic carboxylic acids is 1. The number of nitrogens with one attached hydrogen (secondary N) is 1. The minimum atomic E-state index is -1.26. The molecule has 2 aromatic rings. The van der Waals surface area contributed by atoms with E-state index in [9.17, 15) is 14.7 Å². The van der Waals surface area contributed by atoms with E-state index in [-0.39, 0.29) is 19.1 Å². The van der Waals surface area contributed by atoms with Gasteiger partial charge in [0.1, 0.15) is 12.7 Å². The van der Waals surface area contributed by atoms with E-state index in [4.69, 9.17) is 14.2 Å².